The van der Waals surface area contributed by atoms with Crippen LogP contribution in [-0.2, 0) is 39.3 Å². The van der Waals surface area contributed by atoms with E-state index in [4.69, 9.17) is 18.6 Å². The van der Waals surface area contributed by atoms with Crippen molar-refractivity contribution < 1.29 is 45.0 Å². The number of carbonyl (C=O) groups excluding carboxylic acids is 2. The summed E-state index contributed by atoms with van der Waals surface area (Å²) in [5, 5.41) is 0. The standard InChI is InChI=1S/C16H24O10S2/c17-15(25-3-5-27(19,20)21)2-1-11-7-13-8-12(11)9-14(13)10-16(18)26-4-6-28(22,23)24/h1-2,11-14H,3-10H2,(H,19,20,21)(H,22,23,24). The largest absolute Gasteiger partial charge is 0.464 e. The fourth-order valence-electron chi connectivity index (χ4n) is 3.96. The lowest BCUT2D eigenvalue weighted by atomic mass is 9.80. The number of ether oxygens (including phenoxy) is 2. The molecule has 0 radical (unpaired) electrons. The third-order valence-corrected chi connectivity index (χ3v) is 6.52. The van der Waals surface area contributed by atoms with Gasteiger partial charge in [-0.1, -0.05) is 6.08 Å². The van der Waals surface area contributed by atoms with Crippen molar-refractivity contribution in [2.75, 3.05) is 24.7 Å². The molecule has 0 spiro atoms. The summed E-state index contributed by atoms with van der Waals surface area (Å²) in [6.45, 7) is -0.788. The molecule has 4 unspecified atom stereocenters. The molecule has 0 saturated heterocycles. The maximum Gasteiger partial charge on any atom is 0.330 e. The zero-order chi connectivity index (χ0) is 20.9. The Labute approximate surface area is 163 Å². The Bertz CT molecular complexity index is 814. The van der Waals surface area contributed by atoms with E-state index in [-0.39, 0.29) is 24.9 Å². The Morgan fingerprint density at radius 3 is 2.04 bits per heavy atom. The third kappa shape index (κ3) is 7.86. The van der Waals surface area contributed by atoms with E-state index < -0.39 is 50.3 Å². The van der Waals surface area contributed by atoms with Gasteiger partial charge in [0.1, 0.15) is 24.7 Å². The first-order valence-corrected chi connectivity index (χ1v) is 12.1. The molecule has 2 N–H and O–H groups in total. The van der Waals surface area contributed by atoms with E-state index in [1.807, 2.05) is 0 Å². The molecule has 2 aliphatic carbocycles. The van der Waals surface area contributed by atoms with Gasteiger partial charge in [-0.2, -0.15) is 16.8 Å². The van der Waals surface area contributed by atoms with Crippen molar-refractivity contribution in [2.24, 2.45) is 23.7 Å². The average molecular weight is 440 g/mol. The fraction of sp³-hybridized carbons (Fsp3) is 0.750. The van der Waals surface area contributed by atoms with Crippen molar-refractivity contribution in [1.29, 1.82) is 0 Å². The zero-order valence-electron chi connectivity index (χ0n) is 15.1. The SMILES string of the molecule is O=C(C=CC1CC2CC1CC2CC(=O)OCCS(=O)(=O)O)OCCS(=O)(=O)O. The number of carbonyl (C=O) groups is 2. The molecule has 10 nitrogen and oxygen atoms in total. The van der Waals surface area contributed by atoms with Gasteiger partial charge in [0.15, 0.2) is 0 Å². The molecule has 4 atom stereocenters. The highest BCUT2D eigenvalue weighted by molar-refractivity contribution is 7.86. The number of esters is 2. The zero-order valence-corrected chi connectivity index (χ0v) is 16.7. The van der Waals surface area contributed by atoms with Crippen LogP contribution in [-0.4, -0.2) is 62.6 Å². The van der Waals surface area contributed by atoms with Gasteiger partial charge in [-0.05, 0) is 42.9 Å². The molecule has 0 aromatic heterocycles. The maximum absolute atomic E-state index is 11.8. The van der Waals surface area contributed by atoms with E-state index >= 15 is 0 Å². The molecule has 0 aromatic rings. The minimum atomic E-state index is -4.17. The van der Waals surface area contributed by atoms with Crippen molar-refractivity contribution in [3.63, 3.8) is 0 Å². The first-order chi connectivity index (χ1) is 12.9. The van der Waals surface area contributed by atoms with Crippen LogP contribution in [0.2, 0.25) is 0 Å². The molecule has 0 amide bonds. The minimum Gasteiger partial charge on any atom is -0.464 e. The predicted octanol–water partition coefficient (Wildman–Crippen LogP) is 0.457. The Morgan fingerprint density at radius 1 is 0.893 bits per heavy atom. The van der Waals surface area contributed by atoms with Gasteiger partial charge in [-0.15, -0.1) is 0 Å². The smallest absolute Gasteiger partial charge is 0.330 e. The normalized spacial score (nSPS) is 27.2. The van der Waals surface area contributed by atoms with E-state index in [0.717, 1.165) is 19.3 Å². The first-order valence-electron chi connectivity index (χ1n) is 8.84. The van der Waals surface area contributed by atoms with Crippen LogP contribution in [0.3, 0.4) is 0 Å². The van der Waals surface area contributed by atoms with Crippen LogP contribution >= 0.6 is 0 Å². The van der Waals surface area contributed by atoms with Gasteiger partial charge in [0.2, 0.25) is 0 Å². The third-order valence-electron chi connectivity index (χ3n) is 5.16. The molecule has 2 rings (SSSR count). The lowest BCUT2D eigenvalue weighted by molar-refractivity contribution is -0.144. The molecule has 2 bridgehead atoms. The molecule has 2 aliphatic rings. The van der Waals surface area contributed by atoms with Gasteiger partial charge in [-0.25, -0.2) is 4.79 Å². The predicted molar refractivity (Wildman–Crippen MR) is 96.3 cm³/mol. The number of rotatable bonds is 10. The summed E-state index contributed by atoms with van der Waals surface area (Å²) in [5.74, 6) is -1.49. The summed E-state index contributed by atoms with van der Waals surface area (Å²) >= 11 is 0. The summed E-state index contributed by atoms with van der Waals surface area (Å²) in [5.41, 5.74) is 0. The molecule has 2 fully saturated rings. The van der Waals surface area contributed by atoms with Crippen LogP contribution in [0.25, 0.3) is 0 Å². The van der Waals surface area contributed by atoms with Gasteiger partial charge >= 0.3 is 11.9 Å². The second kappa shape index (κ2) is 9.33. The maximum atomic E-state index is 11.8. The topological polar surface area (TPSA) is 161 Å². The van der Waals surface area contributed by atoms with E-state index in [1.165, 1.54) is 6.08 Å². The van der Waals surface area contributed by atoms with Crippen LogP contribution in [0, 0.1) is 23.7 Å². The highest BCUT2D eigenvalue weighted by atomic mass is 32.2. The van der Waals surface area contributed by atoms with Crippen molar-refractivity contribution in [3.8, 4) is 0 Å². The van der Waals surface area contributed by atoms with Crippen LogP contribution in [0.15, 0.2) is 12.2 Å². The van der Waals surface area contributed by atoms with Crippen molar-refractivity contribution >= 4 is 32.2 Å². The quantitative estimate of drug-likeness (QED) is 0.277. The highest BCUT2D eigenvalue weighted by Gasteiger charge is 2.45. The molecule has 0 heterocycles. The van der Waals surface area contributed by atoms with E-state index in [2.05, 4.69) is 0 Å². The van der Waals surface area contributed by atoms with Gasteiger partial charge in [0.05, 0.1) is 0 Å². The van der Waals surface area contributed by atoms with E-state index in [1.54, 1.807) is 6.08 Å². The molecule has 0 aromatic carbocycles. The van der Waals surface area contributed by atoms with E-state index in [9.17, 15) is 26.4 Å². The molecule has 12 heteroatoms. The lowest BCUT2D eigenvalue weighted by Gasteiger charge is -2.25. The minimum absolute atomic E-state index is 0.148. The molecule has 28 heavy (non-hydrogen) atoms. The summed E-state index contributed by atoms with van der Waals surface area (Å²) in [7, 11) is -8.32. The lowest BCUT2D eigenvalue weighted by Crippen LogP contribution is -2.22. The second-order valence-corrected chi connectivity index (χ2v) is 10.3. The fourth-order valence-corrected chi connectivity index (χ4v) is 4.54. The Kier molecular flexibility index (Phi) is 7.59. The van der Waals surface area contributed by atoms with E-state index in [0.29, 0.717) is 11.8 Å². The van der Waals surface area contributed by atoms with Crippen LogP contribution in [0.1, 0.15) is 25.7 Å². The Balaban J connectivity index is 1.70. The van der Waals surface area contributed by atoms with Crippen molar-refractivity contribution in [2.45, 2.75) is 25.7 Å². The number of fused-ring (bicyclic) bond motifs is 2. The Hall–Kier alpha value is -1.50. The summed E-state index contributed by atoms with van der Waals surface area (Å²) in [4.78, 5) is 23.4. The van der Waals surface area contributed by atoms with Gasteiger partial charge in [0.25, 0.3) is 20.2 Å². The van der Waals surface area contributed by atoms with Crippen LogP contribution in [0.5, 0.6) is 0 Å². The summed E-state index contributed by atoms with van der Waals surface area (Å²) in [6.07, 6.45) is 5.72. The average Bonchev–Trinajstić information content (AvgIpc) is 3.10. The second-order valence-electron chi connectivity index (χ2n) is 7.17. The first kappa shape index (κ1) is 22.8. The van der Waals surface area contributed by atoms with Crippen LogP contribution in [0.4, 0.5) is 0 Å². The molecular weight excluding hydrogens is 416 g/mol. The summed E-state index contributed by atoms with van der Waals surface area (Å²) in [6, 6.07) is 0. The number of hydrogen-bond acceptors (Lipinski definition) is 8. The van der Waals surface area contributed by atoms with Crippen LogP contribution < -0.4 is 0 Å². The molecule has 0 aliphatic heterocycles. The number of hydrogen-bond donors (Lipinski definition) is 2. The molecule has 2 saturated carbocycles. The van der Waals surface area contributed by atoms with Gasteiger partial charge in [0, 0.05) is 12.5 Å². The Morgan fingerprint density at radius 2 is 1.50 bits per heavy atom. The van der Waals surface area contributed by atoms with Gasteiger partial charge in [-0.3, -0.25) is 13.9 Å². The summed E-state index contributed by atoms with van der Waals surface area (Å²) < 4.78 is 69.0. The van der Waals surface area contributed by atoms with Crippen molar-refractivity contribution in [3.05, 3.63) is 12.2 Å². The number of allylic oxidation sites excluding steroid dienone is 1. The molecular formula is C16H24O10S2. The van der Waals surface area contributed by atoms with Gasteiger partial charge < -0.3 is 9.47 Å². The molecule has 160 valence electrons. The highest BCUT2D eigenvalue weighted by Crippen LogP contribution is 2.53. The monoisotopic (exact) mass is 440 g/mol. The van der Waals surface area contributed by atoms with Crippen molar-refractivity contribution in [1.82, 2.24) is 0 Å².